The van der Waals surface area contributed by atoms with Gasteiger partial charge in [-0.2, -0.15) is 0 Å². The highest BCUT2D eigenvalue weighted by atomic mass is 35.5. The predicted octanol–water partition coefficient (Wildman–Crippen LogP) is 5.29. The molecule has 1 aliphatic rings. The van der Waals surface area contributed by atoms with E-state index in [-0.39, 0.29) is 18.1 Å². The summed E-state index contributed by atoms with van der Waals surface area (Å²) in [7, 11) is 0. The number of nitrogens with one attached hydrogen (secondary N) is 2. The van der Waals surface area contributed by atoms with E-state index < -0.39 is 23.9 Å². The van der Waals surface area contributed by atoms with Crippen molar-refractivity contribution in [3.05, 3.63) is 83.5 Å². The molecule has 35 heavy (non-hydrogen) atoms. The molecule has 7 nitrogen and oxygen atoms in total. The number of anilines is 1. The molecule has 182 valence electrons. The van der Waals surface area contributed by atoms with Crippen LogP contribution >= 0.6 is 11.6 Å². The first kappa shape index (κ1) is 24.8. The molecule has 0 aliphatic carbocycles. The maximum atomic E-state index is 14.5. The van der Waals surface area contributed by atoms with E-state index in [2.05, 4.69) is 27.2 Å². The fourth-order valence-electron chi connectivity index (χ4n) is 3.71. The lowest BCUT2D eigenvalue weighted by Crippen LogP contribution is -2.58. The second-order valence-corrected chi connectivity index (χ2v) is 9.17. The van der Waals surface area contributed by atoms with Crippen molar-refractivity contribution < 1.29 is 18.7 Å². The van der Waals surface area contributed by atoms with Gasteiger partial charge in [-0.25, -0.2) is 4.39 Å². The number of hydrogen-bond donors (Lipinski definition) is 2. The van der Waals surface area contributed by atoms with Crippen molar-refractivity contribution in [3.63, 3.8) is 0 Å². The third kappa shape index (κ3) is 5.85. The number of carbonyl (C=O) groups excluding carboxylic acids is 1. The molecular formula is C26H26ClFN4O3. The van der Waals surface area contributed by atoms with Crippen LogP contribution in [0.5, 0.6) is 0 Å². The van der Waals surface area contributed by atoms with Crippen LogP contribution in [0.4, 0.5) is 10.1 Å². The Morgan fingerprint density at radius 3 is 2.77 bits per heavy atom. The minimum atomic E-state index is -0.897. The molecule has 1 aromatic carbocycles. The molecule has 2 atom stereocenters. The zero-order valence-electron chi connectivity index (χ0n) is 19.6. The highest BCUT2D eigenvalue weighted by Gasteiger charge is 2.38. The number of carbonyl (C=O) groups is 1. The maximum Gasteiger partial charge on any atom is 0.253 e. The average Bonchev–Trinajstić information content (AvgIpc) is 2.82. The van der Waals surface area contributed by atoms with Crippen LogP contribution in [0.2, 0.25) is 5.02 Å². The Balaban J connectivity index is 1.67. The summed E-state index contributed by atoms with van der Waals surface area (Å²) in [6.45, 7) is 9.67. The second-order valence-electron chi connectivity index (χ2n) is 8.73. The zero-order valence-corrected chi connectivity index (χ0v) is 20.4. The average molecular weight is 497 g/mol. The standard InChI is InChI=1S/C26H26ClFN4O3/c1-15(2)19-13-30-21(18-10-17(27)7-8-20(18)28)11-22(19)32-25-23(14-34-26(3,4)35-25)31-24(33)16-6-5-9-29-12-16/h5-13,23,25H,1,14H2,2-4H3,(H,30,32)(H,31,33). The summed E-state index contributed by atoms with van der Waals surface area (Å²) >= 11 is 6.09. The van der Waals surface area contributed by atoms with Crippen LogP contribution in [-0.2, 0) is 9.47 Å². The molecule has 0 saturated carbocycles. The van der Waals surface area contributed by atoms with E-state index in [0.29, 0.717) is 22.0 Å². The number of amides is 1. The highest BCUT2D eigenvalue weighted by molar-refractivity contribution is 6.30. The van der Waals surface area contributed by atoms with E-state index in [9.17, 15) is 9.18 Å². The number of benzene rings is 1. The van der Waals surface area contributed by atoms with E-state index in [1.165, 1.54) is 24.4 Å². The van der Waals surface area contributed by atoms with Gasteiger partial charge in [-0.3, -0.25) is 14.8 Å². The van der Waals surface area contributed by atoms with Crippen LogP contribution in [0.1, 0.15) is 36.7 Å². The smallest absolute Gasteiger partial charge is 0.253 e. The van der Waals surface area contributed by atoms with Crippen molar-refractivity contribution >= 4 is 28.8 Å². The Morgan fingerprint density at radius 1 is 1.26 bits per heavy atom. The van der Waals surface area contributed by atoms with Crippen molar-refractivity contribution in [2.75, 3.05) is 11.9 Å². The minimum Gasteiger partial charge on any atom is -0.358 e. The van der Waals surface area contributed by atoms with Gasteiger partial charge < -0.3 is 20.1 Å². The van der Waals surface area contributed by atoms with Crippen LogP contribution in [-0.4, -0.2) is 40.5 Å². The van der Waals surface area contributed by atoms with E-state index in [1.807, 2.05) is 6.92 Å². The van der Waals surface area contributed by atoms with Crippen LogP contribution in [0.25, 0.3) is 16.8 Å². The van der Waals surface area contributed by atoms with Crippen molar-refractivity contribution in [1.82, 2.24) is 15.3 Å². The van der Waals surface area contributed by atoms with Gasteiger partial charge >= 0.3 is 0 Å². The Morgan fingerprint density at radius 2 is 2.06 bits per heavy atom. The fraction of sp³-hybridized carbons (Fsp3) is 0.269. The third-order valence-electron chi connectivity index (χ3n) is 5.49. The Kier molecular flexibility index (Phi) is 7.16. The summed E-state index contributed by atoms with van der Waals surface area (Å²) < 4.78 is 26.5. The summed E-state index contributed by atoms with van der Waals surface area (Å²) in [6.07, 6.45) is 4.03. The van der Waals surface area contributed by atoms with Crippen molar-refractivity contribution in [2.45, 2.75) is 38.8 Å². The molecule has 9 heteroatoms. The molecule has 1 saturated heterocycles. The predicted molar refractivity (Wildman–Crippen MR) is 133 cm³/mol. The molecule has 0 bridgehead atoms. The number of nitrogens with zero attached hydrogens (tertiary/aromatic N) is 2. The summed E-state index contributed by atoms with van der Waals surface area (Å²) in [5, 5.41) is 6.69. The van der Waals surface area contributed by atoms with E-state index >= 15 is 0 Å². The van der Waals surface area contributed by atoms with Gasteiger partial charge in [0.15, 0.2) is 12.0 Å². The minimum absolute atomic E-state index is 0.208. The van der Waals surface area contributed by atoms with Gasteiger partial charge in [0.1, 0.15) is 5.82 Å². The monoisotopic (exact) mass is 496 g/mol. The number of pyridine rings is 2. The number of allylic oxidation sites excluding steroid dienone is 1. The van der Waals surface area contributed by atoms with E-state index in [1.54, 1.807) is 44.4 Å². The molecule has 2 N–H and O–H groups in total. The molecular weight excluding hydrogens is 471 g/mol. The van der Waals surface area contributed by atoms with Gasteiger partial charge in [-0.05, 0) is 62.7 Å². The number of rotatable bonds is 6. The lowest BCUT2D eigenvalue weighted by molar-refractivity contribution is -0.275. The first-order valence-corrected chi connectivity index (χ1v) is 11.4. The van der Waals surface area contributed by atoms with Gasteiger partial charge in [-0.1, -0.05) is 18.2 Å². The molecule has 3 aromatic rings. The Labute approximate surface area is 208 Å². The van der Waals surface area contributed by atoms with Crippen molar-refractivity contribution in [2.24, 2.45) is 0 Å². The first-order valence-electron chi connectivity index (χ1n) is 11.0. The summed E-state index contributed by atoms with van der Waals surface area (Å²) in [5.74, 6) is -1.65. The summed E-state index contributed by atoms with van der Waals surface area (Å²) in [6, 6.07) is 8.84. The van der Waals surface area contributed by atoms with Gasteiger partial charge in [0, 0.05) is 40.4 Å². The highest BCUT2D eigenvalue weighted by Crippen LogP contribution is 2.32. The van der Waals surface area contributed by atoms with Gasteiger partial charge in [0.25, 0.3) is 5.91 Å². The van der Waals surface area contributed by atoms with E-state index in [4.69, 9.17) is 21.1 Å². The van der Waals surface area contributed by atoms with Gasteiger partial charge in [0.2, 0.25) is 0 Å². The number of halogens is 2. The van der Waals surface area contributed by atoms with Crippen LogP contribution < -0.4 is 10.6 Å². The van der Waals surface area contributed by atoms with Crippen molar-refractivity contribution in [1.29, 1.82) is 0 Å². The lowest BCUT2D eigenvalue weighted by Gasteiger charge is -2.42. The molecule has 1 fully saturated rings. The number of aromatic nitrogens is 2. The van der Waals surface area contributed by atoms with Crippen LogP contribution in [0, 0.1) is 5.82 Å². The normalized spacial score (nSPS) is 19.1. The third-order valence-corrected chi connectivity index (χ3v) is 5.73. The molecule has 1 amide bonds. The van der Waals surface area contributed by atoms with Crippen molar-refractivity contribution in [3.8, 4) is 11.3 Å². The zero-order chi connectivity index (χ0) is 25.2. The van der Waals surface area contributed by atoms with Gasteiger partial charge in [0.05, 0.1) is 23.9 Å². The largest absolute Gasteiger partial charge is 0.358 e. The Hall–Kier alpha value is -3.33. The fourth-order valence-corrected chi connectivity index (χ4v) is 3.88. The first-order chi connectivity index (χ1) is 16.6. The SMILES string of the molecule is C=C(C)c1cnc(-c2cc(Cl)ccc2F)cc1NC1OC(C)(C)OCC1NC(=O)c1cccnc1. The summed E-state index contributed by atoms with van der Waals surface area (Å²) in [4.78, 5) is 21.2. The van der Waals surface area contributed by atoms with Gasteiger partial charge in [-0.15, -0.1) is 0 Å². The van der Waals surface area contributed by atoms with Crippen LogP contribution in [0.15, 0.2) is 61.6 Å². The second kappa shape index (κ2) is 10.1. The molecule has 2 aromatic heterocycles. The maximum absolute atomic E-state index is 14.5. The van der Waals surface area contributed by atoms with Crippen LogP contribution in [0.3, 0.4) is 0 Å². The Bertz CT molecular complexity index is 1250. The molecule has 0 radical (unpaired) electrons. The number of ether oxygens (including phenoxy) is 2. The number of hydrogen-bond acceptors (Lipinski definition) is 6. The quantitative estimate of drug-likeness (QED) is 0.482. The molecule has 3 heterocycles. The lowest BCUT2D eigenvalue weighted by atomic mass is 10.0. The topological polar surface area (TPSA) is 85.4 Å². The molecule has 1 aliphatic heterocycles. The summed E-state index contributed by atoms with van der Waals surface area (Å²) in [5.41, 5.74) is 3.16. The molecule has 0 spiro atoms. The molecule has 4 rings (SSSR count). The van der Waals surface area contributed by atoms with E-state index in [0.717, 1.165) is 11.1 Å². The molecule has 2 unspecified atom stereocenters.